The lowest BCUT2D eigenvalue weighted by Gasteiger charge is -2.28. The van der Waals surface area contributed by atoms with Crippen LogP contribution in [0.2, 0.25) is 0 Å². The van der Waals surface area contributed by atoms with Gasteiger partial charge in [0.1, 0.15) is 11.5 Å². The number of ether oxygens (including phenoxy) is 1. The highest BCUT2D eigenvalue weighted by atomic mass is 16.5. The number of nitrogens with one attached hydrogen (secondary N) is 1. The molecule has 0 bridgehead atoms. The second kappa shape index (κ2) is 11.7. The molecule has 0 aliphatic carbocycles. The Hall–Kier alpha value is -3.94. The van der Waals surface area contributed by atoms with E-state index in [0.29, 0.717) is 37.0 Å². The summed E-state index contributed by atoms with van der Waals surface area (Å²) in [5.41, 5.74) is 3.61. The number of carbonyl (C=O) groups excluding carboxylic acids is 1. The molecule has 1 fully saturated rings. The van der Waals surface area contributed by atoms with E-state index in [9.17, 15) is 4.79 Å². The predicted molar refractivity (Wildman–Crippen MR) is 136 cm³/mol. The Bertz CT molecular complexity index is 1250. The molecule has 4 heterocycles. The molecule has 10 nitrogen and oxygen atoms in total. The van der Waals surface area contributed by atoms with Crippen LogP contribution in [0.1, 0.15) is 48.2 Å². The SMILES string of the molecule is C#Cc1ccnc(CN(C(=O)Nc2c(CN3CCOCC3)ccnc2C)c2nccc(C(C)C)n2)n1. The van der Waals surface area contributed by atoms with Crippen molar-refractivity contribution in [3.05, 3.63) is 65.3 Å². The number of pyridine rings is 1. The summed E-state index contributed by atoms with van der Waals surface area (Å²) in [6, 6.07) is 4.99. The maximum atomic E-state index is 13.7. The van der Waals surface area contributed by atoms with E-state index in [-0.39, 0.29) is 18.4 Å². The van der Waals surface area contributed by atoms with Gasteiger partial charge in [0, 0.05) is 43.9 Å². The van der Waals surface area contributed by atoms with Gasteiger partial charge in [-0.05, 0) is 36.6 Å². The quantitative estimate of drug-likeness (QED) is 0.508. The van der Waals surface area contributed by atoms with Crippen molar-refractivity contribution < 1.29 is 9.53 Å². The molecule has 3 aromatic rings. The van der Waals surface area contributed by atoms with E-state index in [4.69, 9.17) is 11.2 Å². The van der Waals surface area contributed by atoms with E-state index in [2.05, 4.69) is 41.1 Å². The van der Waals surface area contributed by atoms with Gasteiger partial charge in [0.15, 0.2) is 0 Å². The van der Waals surface area contributed by atoms with Gasteiger partial charge in [-0.1, -0.05) is 19.8 Å². The number of aryl methyl sites for hydroxylation is 1. The summed E-state index contributed by atoms with van der Waals surface area (Å²) in [6.45, 7) is 9.72. The Morgan fingerprint density at radius 2 is 1.89 bits per heavy atom. The summed E-state index contributed by atoms with van der Waals surface area (Å²) in [5, 5.41) is 3.06. The van der Waals surface area contributed by atoms with E-state index in [1.54, 1.807) is 24.7 Å². The topological polar surface area (TPSA) is 109 Å². The van der Waals surface area contributed by atoms with Crippen molar-refractivity contribution >= 4 is 17.7 Å². The third kappa shape index (κ3) is 6.19. The molecule has 36 heavy (non-hydrogen) atoms. The molecule has 4 rings (SSSR count). The highest BCUT2D eigenvalue weighted by Crippen LogP contribution is 2.23. The molecule has 0 unspecified atom stereocenters. The number of hydrogen-bond donors (Lipinski definition) is 1. The fraction of sp³-hybridized carbons (Fsp3) is 0.385. The average Bonchev–Trinajstić information content (AvgIpc) is 2.90. The smallest absolute Gasteiger partial charge is 0.329 e. The maximum Gasteiger partial charge on any atom is 0.329 e. The normalized spacial score (nSPS) is 13.9. The molecule has 0 spiro atoms. The number of morpholine rings is 1. The van der Waals surface area contributed by atoms with Crippen LogP contribution in [0, 0.1) is 19.3 Å². The summed E-state index contributed by atoms with van der Waals surface area (Å²) in [4.78, 5) is 39.5. The van der Waals surface area contributed by atoms with E-state index in [1.165, 1.54) is 4.90 Å². The van der Waals surface area contributed by atoms with Crippen molar-refractivity contribution in [1.29, 1.82) is 0 Å². The molecular weight excluding hydrogens is 456 g/mol. The van der Waals surface area contributed by atoms with Crippen molar-refractivity contribution in [3.8, 4) is 12.3 Å². The predicted octanol–water partition coefficient (Wildman–Crippen LogP) is 3.15. The van der Waals surface area contributed by atoms with E-state index in [0.717, 1.165) is 30.0 Å². The van der Waals surface area contributed by atoms with Crippen molar-refractivity contribution in [3.63, 3.8) is 0 Å². The minimum absolute atomic E-state index is 0.0427. The molecule has 10 heteroatoms. The number of anilines is 2. The number of hydrogen-bond acceptors (Lipinski definition) is 8. The van der Waals surface area contributed by atoms with Crippen LogP contribution in [0.25, 0.3) is 0 Å². The van der Waals surface area contributed by atoms with Gasteiger partial charge in [-0.2, -0.15) is 0 Å². The number of rotatable bonds is 7. The van der Waals surface area contributed by atoms with Gasteiger partial charge < -0.3 is 10.1 Å². The first-order valence-corrected chi connectivity index (χ1v) is 11.9. The van der Waals surface area contributed by atoms with Crippen LogP contribution in [0.15, 0.2) is 36.8 Å². The zero-order valence-corrected chi connectivity index (χ0v) is 20.8. The Kier molecular flexibility index (Phi) is 8.15. The zero-order chi connectivity index (χ0) is 25.5. The van der Waals surface area contributed by atoms with Gasteiger partial charge in [-0.3, -0.25) is 14.8 Å². The Morgan fingerprint density at radius 3 is 2.64 bits per heavy atom. The second-order valence-electron chi connectivity index (χ2n) is 8.77. The van der Waals surface area contributed by atoms with Crippen LogP contribution < -0.4 is 10.2 Å². The minimum Gasteiger partial charge on any atom is -0.379 e. The summed E-state index contributed by atoms with van der Waals surface area (Å²) >= 11 is 0. The molecule has 1 N–H and O–H groups in total. The minimum atomic E-state index is -0.412. The molecule has 1 aliphatic rings. The number of aromatic nitrogens is 5. The first-order valence-electron chi connectivity index (χ1n) is 11.9. The molecule has 1 aliphatic heterocycles. The monoisotopic (exact) mass is 486 g/mol. The largest absolute Gasteiger partial charge is 0.379 e. The summed E-state index contributed by atoms with van der Waals surface area (Å²) < 4.78 is 5.47. The van der Waals surface area contributed by atoms with Crippen LogP contribution >= 0.6 is 0 Å². The van der Waals surface area contributed by atoms with Crippen molar-refractivity contribution in [2.45, 2.75) is 39.8 Å². The molecule has 1 saturated heterocycles. The number of nitrogens with zero attached hydrogens (tertiary/aromatic N) is 7. The first-order chi connectivity index (χ1) is 17.4. The van der Waals surface area contributed by atoms with Crippen molar-refractivity contribution in [1.82, 2.24) is 29.8 Å². The lowest BCUT2D eigenvalue weighted by Crippen LogP contribution is -2.38. The molecular formula is C26H30N8O2. The van der Waals surface area contributed by atoms with Crippen LogP contribution in [-0.2, 0) is 17.8 Å². The molecule has 2 amide bonds. The zero-order valence-electron chi connectivity index (χ0n) is 20.8. The molecule has 0 saturated carbocycles. The van der Waals surface area contributed by atoms with Gasteiger partial charge in [-0.15, -0.1) is 6.42 Å². The van der Waals surface area contributed by atoms with Gasteiger partial charge in [0.05, 0.1) is 31.1 Å². The molecule has 0 aromatic carbocycles. The fourth-order valence-corrected chi connectivity index (χ4v) is 3.84. The Balaban J connectivity index is 1.65. The molecule has 0 atom stereocenters. The summed E-state index contributed by atoms with van der Waals surface area (Å²) in [7, 11) is 0. The number of urea groups is 1. The van der Waals surface area contributed by atoms with Gasteiger partial charge in [-0.25, -0.2) is 24.7 Å². The van der Waals surface area contributed by atoms with Crippen LogP contribution in [0.5, 0.6) is 0 Å². The van der Waals surface area contributed by atoms with E-state index in [1.807, 2.05) is 32.9 Å². The molecule has 3 aromatic heterocycles. The summed E-state index contributed by atoms with van der Waals surface area (Å²) in [5.74, 6) is 3.31. The standard InChI is InChI=1S/C26H30N8O2/c1-5-21-7-10-28-23(30-21)17-34(25-29-11-8-22(31-25)18(2)3)26(35)32-24-19(4)27-9-6-20(24)16-33-12-14-36-15-13-33/h1,6-11,18H,12-17H2,2-4H3,(H,32,35). The van der Waals surface area contributed by atoms with E-state index < -0.39 is 6.03 Å². The fourth-order valence-electron chi connectivity index (χ4n) is 3.84. The lowest BCUT2D eigenvalue weighted by atomic mass is 10.1. The Morgan fingerprint density at radius 1 is 1.14 bits per heavy atom. The highest BCUT2D eigenvalue weighted by Gasteiger charge is 2.24. The third-order valence-corrected chi connectivity index (χ3v) is 5.85. The Labute approximate surface area is 211 Å². The number of carbonyl (C=O) groups is 1. The molecule has 186 valence electrons. The summed E-state index contributed by atoms with van der Waals surface area (Å²) in [6.07, 6.45) is 10.5. The number of terminal acetylenes is 1. The van der Waals surface area contributed by atoms with Crippen LogP contribution in [-0.4, -0.2) is 62.2 Å². The second-order valence-corrected chi connectivity index (χ2v) is 8.77. The number of amides is 2. The van der Waals surface area contributed by atoms with Gasteiger partial charge in [0.2, 0.25) is 5.95 Å². The van der Waals surface area contributed by atoms with E-state index >= 15 is 0 Å². The van der Waals surface area contributed by atoms with Crippen molar-refractivity contribution in [2.75, 3.05) is 36.5 Å². The van der Waals surface area contributed by atoms with Gasteiger partial charge >= 0.3 is 6.03 Å². The average molecular weight is 487 g/mol. The molecule has 0 radical (unpaired) electrons. The lowest BCUT2D eigenvalue weighted by molar-refractivity contribution is 0.0342. The van der Waals surface area contributed by atoms with Crippen LogP contribution in [0.4, 0.5) is 16.4 Å². The third-order valence-electron chi connectivity index (χ3n) is 5.85. The van der Waals surface area contributed by atoms with Crippen LogP contribution in [0.3, 0.4) is 0 Å². The van der Waals surface area contributed by atoms with Gasteiger partial charge in [0.25, 0.3) is 0 Å². The first kappa shape index (κ1) is 25.2. The van der Waals surface area contributed by atoms with Crippen molar-refractivity contribution in [2.24, 2.45) is 0 Å². The maximum absolute atomic E-state index is 13.7. The highest BCUT2D eigenvalue weighted by molar-refractivity contribution is 6.01.